The number of hydrogen-bond acceptors (Lipinski definition) is 3. The van der Waals surface area contributed by atoms with E-state index in [9.17, 15) is 4.79 Å². The van der Waals surface area contributed by atoms with E-state index >= 15 is 0 Å². The fourth-order valence-corrected chi connectivity index (χ4v) is 2.41. The van der Waals surface area contributed by atoms with Gasteiger partial charge in [0, 0.05) is 26.2 Å². The molecule has 1 aromatic carbocycles. The molecule has 0 saturated carbocycles. The van der Waals surface area contributed by atoms with E-state index in [0.717, 1.165) is 38.2 Å². The molecule has 0 aliphatic carbocycles. The van der Waals surface area contributed by atoms with Crippen LogP contribution >= 0.6 is 0 Å². The van der Waals surface area contributed by atoms with Crippen molar-refractivity contribution in [1.29, 1.82) is 0 Å². The van der Waals surface area contributed by atoms with Crippen LogP contribution in [0.3, 0.4) is 0 Å². The first-order valence-corrected chi connectivity index (χ1v) is 6.99. The van der Waals surface area contributed by atoms with Crippen LogP contribution in [0.1, 0.15) is 24.8 Å². The lowest BCUT2D eigenvalue weighted by Crippen LogP contribution is -2.53. The van der Waals surface area contributed by atoms with Gasteiger partial charge >= 0.3 is 0 Å². The molecule has 1 saturated heterocycles. The van der Waals surface area contributed by atoms with Gasteiger partial charge in [-0.15, -0.1) is 0 Å². The molecular formula is C15H23N3O. The fraction of sp³-hybridized carbons (Fsp3) is 0.533. The van der Waals surface area contributed by atoms with Gasteiger partial charge in [0.1, 0.15) is 0 Å². The standard InChI is InChI=1S/C15H23N3O/c1-3-14(13-7-5-4-6-8-13)15(19)16-18-11-9-17(2)10-12-18/h4-8,14H,3,9-12H2,1-2H3,(H,16,19). The summed E-state index contributed by atoms with van der Waals surface area (Å²) in [4.78, 5) is 14.6. The van der Waals surface area contributed by atoms with Gasteiger partial charge in [0.2, 0.25) is 5.91 Å². The summed E-state index contributed by atoms with van der Waals surface area (Å²) in [6.07, 6.45) is 0.823. The molecule has 104 valence electrons. The summed E-state index contributed by atoms with van der Waals surface area (Å²) < 4.78 is 0. The zero-order chi connectivity index (χ0) is 13.7. The van der Waals surface area contributed by atoms with Gasteiger partial charge in [0.15, 0.2) is 0 Å². The molecule has 19 heavy (non-hydrogen) atoms. The molecule has 4 nitrogen and oxygen atoms in total. The van der Waals surface area contributed by atoms with E-state index in [-0.39, 0.29) is 11.8 Å². The van der Waals surface area contributed by atoms with E-state index in [0.29, 0.717) is 0 Å². The number of hydrazine groups is 1. The van der Waals surface area contributed by atoms with Crippen LogP contribution in [0.5, 0.6) is 0 Å². The Morgan fingerprint density at radius 3 is 2.42 bits per heavy atom. The van der Waals surface area contributed by atoms with Crippen molar-refractivity contribution in [3.05, 3.63) is 35.9 Å². The van der Waals surface area contributed by atoms with Crippen molar-refractivity contribution in [1.82, 2.24) is 15.3 Å². The van der Waals surface area contributed by atoms with Gasteiger partial charge < -0.3 is 4.90 Å². The van der Waals surface area contributed by atoms with Crippen molar-refractivity contribution < 1.29 is 4.79 Å². The SMILES string of the molecule is CCC(C(=O)NN1CCN(C)CC1)c1ccccc1. The molecule has 0 spiro atoms. The summed E-state index contributed by atoms with van der Waals surface area (Å²) in [7, 11) is 2.11. The minimum Gasteiger partial charge on any atom is -0.304 e. The molecule has 4 heteroatoms. The van der Waals surface area contributed by atoms with Gasteiger partial charge in [0.25, 0.3) is 0 Å². The highest BCUT2D eigenvalue weighted by Crippen LogP contribution is 2.19. The summed E-state index contributed by atoms with van der Waals surface area (Å²) in [5, 5.41) is 2.04. The van der Waals surface area contributed by atoms with Crippen LogP contribution in [0, 0.1) is 0 Å². The molecule has 2 rings (SSSR count). The molecule has 1 aliphatic heterocycles. The van der Waals surface area contributed by atoms with Crippen molar-refractivity contribution in [3.8, 4) is 0 Å². The molecule has 1 atom stereocenters. The minimum atomic E-state index is -0.0548. The maximum absolute atomic E-state index is 12.4. The third-order valence-electron chi connectivity index (χ3n) is 3.70. The zero-order valence-electron chi connectivity index (χ0n) is 11.8. The van der Waals surface area contributed by atoms with Crippen LogP contribution in [0.15, 0.2) is 30.3 Å². The average molecular weight is 261 g/mol. The lowest BCUT2D eigenvalue weighted by atomic mass is 9.96. The van der Waals surface area contributed by atoms with E-state index in [1.165, 1.54) is 0 Å². The Labute approximate surface area is 115 Å². The monoisotopic (exact) mass is 261 g/mol. The van der Waals surface area contributed by atoms with E-state index in [4.69, 9.17) is 0 Å². The Balaban J connectivity index is 1.94. The molecule has 1 amide bonds. The summed E-state index contributed by atoms with van der Waals surface area (Å²) in [6.45, 7) is 5.85. The van der Waals surface area contributed by atoms with Crippen LogP contribution < -0.4 is 5.43 Å². The predicted molar refractivity (Wildman–Crippen MR) is 76.7 cm³/mol. The van der Waals surface area contributed by atoms with Crippen molar-refractivity contribution in [2.75, 3.05) is 33.2 Å². The number of carbonyl (C=O) groups excluding carboxylic acids is 1. The Morgan fingerprint density at radius 2 is 1.84 bits per heavy atom. The number of carbonyl (C=O) groups is 1. The van der Waals surface area contributed by atoms with Gasteiger partial charge in [-0.25, -0.2) is 5.01 Å². The first-order chi connectivity index (χ1) is 9.20. The highest BCUT2D eigenvalue weighted by Gasteiger charge is 2.22. The molecule has 1 N–H and O–H groups in total. The Hall–Kier alpha value is -1.39. The minimum absolute atomic E-state index is 0.0548. The van der Waals surface area contributed by atoms with Crippen molar-refractivity contribution >= 4 is 5.91 Å². The molecule has 1 fully saturated rings. The van der Waals surface area contributed by atoms with Crippen molar-refractivity contribution in [2.45, 2.75) is 19.3 Å². The van der Waals surface area contributed by atoms with Gasteiger partial charge in [-0.1, -0.05) is 37.3 Å². The van der Waals surface area contributed by atoms with Crippen LogP contribution in [0.25, 0.3) is 0 Å². The number of hydrogen-bond donors (Lipinski definition) is 1. The number of piperazine rings is 1. The van der Waals surface area contributed by atoms with Crippen LogP contribution in [0.2, 0.25) is 0 Å². The predicted octanol–water partition coefficient (Wildman–Crippen LogP) is 1.46. The van der Waals surface area contributed by atoms with Crippen LogP contribution in [-0.4, -0.2) is 49.0 Å². The number of nitrogens with zero attached hydrogens (tertiary/aromatic N) is 2. The summed E-state index contributed by atoms with van der Waals surface area (Å²) >= 11 is 0. The summed E-state index contributed by atoms with van der Waals surface area (Å²) in [5.41, 5.74) is 4.15. The molecule has 0 aromatic heterocycles. The second-order valence-corrected chi connectivity index (χ2v) is 5.14. The highest BCUT2D eigenvalue weighted by molar-refractivity contribution is 5.83. The normalized spacial score (nSPS) is 19.1. The van der Waals surface area contributed by atoms with E-state index in [2.05, 4.69) is 24.3 Å². The first kappa shape index (κ1) is 14.0. The third-order valence-corrected chi connectivity index (χ3v) is 3.70. The Kier molecular flexibility index (Phi) is 4.93. The first-order valence-electron chi connectivity index (χ1n) is 6.99. The van der Waals surface area contributed by atoms with Gasteiger partial charge in [-0.2, -0.15) is 0 Å². The lowest BCUT2D eigenvalue weighted by Gasteiger charge is -2.33. The number of nitrogens with one attached hydrogen (secondary N) is 1. The number of amides is 1. The number of rotatable bonds is 4. The quantitative estimate of drug-likeness (QED) is 0.891. The average Bonchev–Trinajstić information content (AvgIpc) is 2.43. The van der Waals surface area contributed by atoms with Gasteiger partial charge in [0.05, 0.1) is 5.92 Å². The van der Waals surface area contributed by atoms with Crippen LogP contribution in [-0.2, 0) is 4.79 Å². The van der Waals surface area contributed by atoms with Gasteiger partial charge in [-0.3, -0.25) is 10.2 Å². The number of likely N-dealkylation sites (N-methyl/N-ethyl adjacent to an activating group) is 1. The van der Waals surface area contributed by atoms with Crippen molar-refractivity contribution in [2.24, 2.45) is 0 Å². The largest absolute Gasteiger partial charge is 0.304 e. The summed E-state index contributed by atoms with van der Waals surface area (Å²) in [6, 6.07) is 10.0. The van der Waals surface area contributed by atoms with E-state index in [1.807, 2.05) is 35.3 Å². The van der Waals surface area contributed by atoms with Crippen LogP contribution in [0.4, 0.5) is 0 Å². The van der Waals surface area contributed by atoms with E-state index < -0.39 is 0 Å². The second kappa shape index (κ2) is 6.68. The molecular weight excluding hydrogens is 238 g/mol. The fourth-order valence-electron chi connectivity index (χ4n) is 2.41. The Morgan fingerprint density at radius 1 is 1.21 bits per heavy atom. The molecule has 1 heterocycles. The molecule has 1 aliphatic rings. The van der Waals surface area contributed by atoms with E-state index in [1.54, 1.807) is 0 Å². The number of benzene rings is 1. The maximum Gasteiger partial charge on any atom is 0.241 e. The summed E-state index contributed by atoms with van der Waals surface area (Å²) in [5.74, 6) is 0.0547. The molecule has 1 unspecified atom stereocenters. The topological polar surface area (TPSA) is 35.6 Å². The molecule has 1 aromatic rings. The molecule has 0 radical (unpaired) electrons. The highest BCUT2D eigenvalue weighted by atomic mass is 16.2. The Bertz CT molecular complexity index is 399. The smallest absolute Gasteiger partial charge is 0.241 e. The zero-order valence-corrected chi connectivity index (χ0v) is 11.8. The van der Waals surface area contributed by atoms with Crippen molar-refractivity contribution in [3.63, 3.8) is 0 Å². The maximum atomic E-state index is 12.4. The third kappa shape index (κ3) is 3.78. The lowest BCUT2D eigenvalue weighted by molar-refractivity contribution is -0.128. The second-order valence-electron chi connectivity index (χ2n) is 5.14. The van der Waals surface area contributed by atoms with Gasteiger partial charge in [-0.05, 0) is 19.0 Å². The molecule has 0 bridgehead atoms.